The van der Waals surface area contributed by atoms with Crippen LogP contribution in [0.2, 0.25) is 0 Å². The Morgan fingerprint density at radius 2 is 1.16 bits per heavy atom. The van der Waals surface area contributed by atoms with E-state index in [1.165, 1.54) is 0 Å². The zero-order valence-electron chi connectivity index (χ0n) is 12.8. The molecule has 7 heteroatoms. The summed E-state index contributed by atoms with van der Waals surface area (Å²) in [5.41, 5.74) is 3.46. The number of fused-ring (bicyclic) bond motifs is 2. The Kier molecular flexibility index (Phi) is 4.44. The van der Waals surface area contributed by atoms with Crippen molar-refractivity contribution < 1.29 is 8.37 Å². The third kappa shape index (κ3) is 3.39. The SMILES string of the molecule is S=C(OSOC(=S)c1cc2ccccc2[nH]1)c1cc2ccccc2[nH]1. The molecule has 2 heterocycles. The van der Waals surface area contributed by atoms with Gasteiger partial charge in [0.25, 0.3) is 12.3 Å². The highest BCUT2D eigenvalue weighted by molar-refractivity contribution is 7.93. The molecule has 0 amide bonds. The van der Waals surface area contributed by atoms with Gasteiger partial charge >= 0.3 is 0 Å². The first-order valence-corrected chi connectivity index (χ1v) is 8.94. The third-order valence-electron chi connectivity index (χ3n) is 3.72. The largest absolute Gasteiger partial charge is 0.377 e. The Hall–Kier alpha value is -2.35. The van der Waals surface area contributed by atoms with Gasteiger partial charge in [-0.3, -0.25) is 0 Å². The molecule has 0 atom stereocenters. The smallest absolute Gasteiger partial charge is 0.295 e. The Bertz CT molecular complexity index is 932. The zero-order chi connectivity index (χ0) is 17.2. The average molecular weight is 385 g/mol. The van der Waals surface area contributed by atoms with Crippen molar-refractivity contribution >= 4 is 68.7 Å². The van der Waals surface area contributed by atoms with Crippen LogP contribution in [0.1, 0.15) is 11.4 Å². The molecule has 0 spiro atoms. The van der Waals surface area contributed by atoms with Crippen molar-refractivity contribution in [3.8, 4) is 0 Å². The van der Waals surface area contributed by atoms with Crippen LogP contribution in [0.15, 0.2) is 60.7 Å². The van der Waals surface area contributed by atoms with Crippen molar-refractivity contribution in [2.24, 2.45) is 0 Å². The molecule has 0 radical (unpaired) electrons. The van der Waals surface area contributed by atoms with Crippen LogP contribution in [0, 0.1) is 0 Å². The van der Waals surface area contributed by atoms with Gasteiger partial charge < -0.3 is 18.3 Å². The number of benzene rings is 2. The number of nitrogens with one attached hydrogen (secondary N) is 2. The van der Waals surface area contributed by atoms with Crippen LogP contribution in [0.3, 0.4) is 0 Å². The summed E-state index contributed by atoms with van der Waals surface area (Å²) in [5.74, 6) is 0. The number of hydrogen-bond acceptors (Lipinski definition) is 5. The summed E-state index contributed by atoms with van der Waals surface area (Å²) in [6, 6.07) is 19.7. The molecule has 2 aromatic carbocycles. The van der Waals surface area contributed by atoms with Gasteiger partial charge in [-0.2, -0.15) is 0 Å². The van der Waals surface area contributed by atoms with E-state index in [0.717, 1.165) is 45.5 Å². The zero-order valence-corrected chi connectivity index (χ0v) is 15.3. The minimum absolute atomic E-state index is 0.306. The molecule has 2 N–H and O–H groups in total. The number of para-hydroxylation sites is 2. The summed E-state index contributed by atoms with van der Waals surface area (Å²) in [6.07, 6.45) is 0. The monoisotopic (exact) mass is 384 g/mol. The Balaban J connectivity index is 1.38. The number of rotatable bonds is 4. The van der Waals surface area contributed by atoms with Crippen molar-refractivity contribution in [1.29, 1.82) is 0 Å². The molecule has 0 saturated carbocycles. The minimum atomic E-state index is 0.306. The predicted octanol–water partition coefficient (Wildman–Crippen LogP) is 5.30. The van der Waals surface area contributed by atoms with Gasteiger partial charge in [0.2, 0.25) is 10.1 Å². The molecule has 124 valence electrons. The summed E-state index contributed by atoms with van der Waals surface area (Å²) in [5, 5.41) is 2.76. The number of hydrogen-bond donors (Lipinski definition) is 2. The molecule has 0 saturated heterocycles. The first-order chi connectivity index (χ1) is 12.2. The van der Waals surface area contributed by atoms with Crippen LogP contribution in [0.4, 0.5) is 0 Å². The maximum atomic E-state index is 5.42. The van der Waals surface area contributed by atoms with E-state index in [0.29, 0.717) is 10.1 Å². The van der Waals surface area contributed by atoms with Gasteiger partial charge in [-0.05, 0) is 48.7 Å². The molecule has 0 aliphatic rings. The molecule has 0 bridgehead atoms. The summed E-state index contributed by atoms with van der Waals surface area (Å²) < 4.78 is 10.8. The highest BCUT2D eigenvalue weighted by Gasteiger charge is 2.11. The first kappa shape index (κ1) is 16.1. The molecule has 4 nitrogen and oxygen atoms in total. The average Bonchev–Trinajstić information content (AvgIpc) is 3.25. The van der Waals surface area contributed by atoms with E-state index in [9.17, 15) is 0 Å². The van der Waals surface area contributed by atoms with Gasteiger partial charge in [-0.25, -0.2) is 0 Å². The Labute approximate surface area is 158 Å². The lowest BCUT2D eigenvalue weighted by molar-refractivity contribution is 0.548. The van der Waals surface area contributed by atoms with Gasteiger partial charge in [-0.15, -0.1) is 0 Å². The van der Waals surface area contributed by atoms with Crippen molar-refractivity contribution in [2.75, 3.05) is 0 Å². The van der Waals surface area contributed by atoms with Gasteiger partial charge in [0.1, 0.15) is 0 Å². The number of thiocarbonyl (C=S) groups is 2. The lowest BCUT2D eigenvalue weighted by atomic mass is 10.2. The summed E-state index contributed by atoms with van der Waals surface area (Å²) >= 11 is 11.3. The van der Waals surface area contributed by atoms with E-state index in [1.807, 2.05) is 60.7 Å². The number of H-pyrrole nitrogens is 2. The highest BCUT2D eigenvalue weighted by atomic mass is 32.2. The fourth-order valence-corrected chi connectivity index (χ4v) is 3.26. The lowest BCUT2D eigenvalue weighted by Crippen LogP contribution is -2.03. The second-order valence-electron chi connectivity index (χ2n) is 5.35. The molecular weight excluding hydrogens is 372 g/mol. The molecule has 0 unspecified atom stereocenters. The minimum Gasteiger partial charge on any atom is -0.377 e. The predicted molar refractivity (Wildman–Crippen MR) is 110 cm³/mol. The molecule has 25 heavy (non-hydrogen) atoms. The topological polar surface area (TPSA) is 50.0 Å². The maximum Gasteiger partial charge on any atom is 0.295 e. The van der Waals surface area contributed by atoms with Gasteiger partial charge in [0.15, 0.2) is 0 Å². The first-order valence-electron chi connectivity index (χ1n) is 7.46. The molecule has 4 rings (SSSR count). The van der Waals surface area contributed by atoms with E-state index in [4.69, 9.17) is 32.8 Å². The van der Waals surface area contributed by atoms with Crippen molar-refractivity contribution in [3.63, 3.8) is 0 Å². The van der Waals surface area contributed by atoms with E-state index >= 15 is 0 Å². The maximum absolute atomic E-state index is 5.42. The number of aromatic amines is 2. The molecule has 0 aliphatic carbocycles. The van der Waals surface area contributed by atoms with Crippen molar-refractivity contribution in [1.82, 2.24) is 9.97 Å². The summed E-state index contributed by atoms with van der Waals surface area (Å²) in [6.45, 7) is 0. The van der Waals surface area contributed by atoms with Crippen LogP contribution >= 0.6 is 36.8 Å². The van der Waals surface area contributed by atoms with Crippen molar-refractivity contribution in [3.05, 3.63) is 72.1 Å². The molecule has 0 aliphatic heterocycles. The van der Waals surface area contributed by atoms with Crippen LogP contribution in [-0.2, 0) is 8.37 Å². The van der Waals surface area contributed by atoms with E-state index in [-0.39, 0.29) is 0 Å². The Morgan fingerprint density at radius 3 is 1.60 bits per heavy atom. The molecule has 0 fully saturated rings. The normalized spacial score (nSPS) is 10.9. The summed E-state index contributed by atoms with van der Waals surface area (Å²) in [4.78, 5) is 6.42. The van der Waals surface area contributed by atoms with Crippen molar-refractivity contribution in [2.45, 2.75) is 0 Å². The van der Waals surface area contributed by atoms with Crippen LogP contribution in [0.25, 0.3) is 21.8 Å². The van der Waals surface area contributed by atoms with Crippen LogP contribution < -0.4 is 0 Å². The lowest BCUT2D eigenvalue weighted by Gasteiger charge is -2.04. The highest BCUT2D eigenvalue weighted by Crippen LogP contribution is 2.21. The Morgan fingerprint density at radius 1 is 0.720 bits per heavy atom. The second-order valence-corrected chi connectivity index (χ2v) is 6.56. The fraction of sp³-hybridized carbons (Fsp3) is 0. The summed E-state index contributed by atoms with van der Waals surface area (Å²) in [7, 11) is 0. The van der Waals surface area contributed by atoms with Gasteiger partial charge in [0.05, 0.1) is 11.4 Å². The fourth-order valence-electron chi connectivity index (χ4n) is 2.54. The van der Waals surface area contributed by atoms with Crippen LogP contribution in [0.5, 0.6) is 0 Å². The third-order valence-corrected chi connectivity index (χ3v) is 5.01. The van der Waals surface area contributed by atoms with E-state index in [2.05, 4.69) is 9.97 Å². The second kappa shape index (κ2) is 6.87. The van der Waals surface area contributed by atoms with Gasteiger partial charge in [0, 0.05) is 21.8 Å². The van der Waals surface area contributed by atoms with Crippen LogP contribution in [-0.4, -0.2) is 20.1 Å². The molecule has 4 aromatic rings. The standard InChI is InChI=1S/C18H12N2O2S3/c23-17(15-9-11-5-1-3-7-13(11)19-15)21-25-22-18(24)16-10-12-6-2-4-8-14(12)20-16/h1-10,19-20H. The van der Waals surface area contributed by atoms with E-state index < -0.39 is 0 Å². The quantitative estimate of drug-likeness (QED) is 0.369. The van der Waals surface area contributed by atoms with E-state index in [1.54, 1.807) is 0 Å². The molecular formula is C18H12N2O2S3. The van der Waals surface area contributed by atoms with Gasteiger partial charge in [-0.1, -0.05) is 36.4 Å². The molecule has 2 aromatic heterocycles. The number of aromatic nitrogens is 2.